The zero-order valence-corrected chi connectivity index (χ0v) is 9.96. The maximum Gasteiger partial charge on any atom is 0.131 e. The molecule has 0 fully saturated rings. The highest BCUT2D eigenvalue weighted by molar-refractivity contribution is 6.29. The molecule has 1 unspecified atom stereocenters. The van der Waals surface area contributed by atoms with Gasteiger partial charge in [-0.15, -0.1) is 0 Å². The van der Waals surface area contributed by atoms with Gasteiger partial charge in [-0.3, -0.25) is 5.84 Å². The summed E-state index contributed by atoms with van der Waals surface area (Å²) in [5.74, 6) is 4.03. The molecule has 0 spiro atoms. The first-order chi connectivity index (χ1) is 8.63. The van der Waals surface area contributed by atoms with Crippen LogP contribution in [-0.4, -0.2) is 4.98 Å². The van der Waals surface area contributed by atoms with Crippen molar-refractivity contribution in [1.29, 1.82) is 0 Å². The molecule has 0 radical (unpaired) electrons. The Kier molecular flexibility index (Phi) is 3.86. The highest BCUT2D eigenvalue weighted by Crippen LogP contribution is 2.27. The Bertz CT molecular complexity index is 543. The van der Waals surface area contributed by atoms with Gasteiger partial charge in [0.05, 0.1) is 6.04 Å². The third-order valence-electron chi connectivity index (χ3n) is 2.54. The van der Waals surface area contributed by atoms with E-state index in [1.54, 1.807) is 6.07 Å². The van der Waals surface area contributed by atoms with Crippen molar-refractivity contribution >= 4 is 11.6 Å². The van der Waals surface area contributed by atoms with Crippen LogP contribution in [0.5, 0.6) is 0 Å². The van der Waals surface area contributed by atoms with Gasteiger partial charge in [0.1, 0.15) is 16.8 Å². The van der Waals surface area contributed by atoms with E-state index in [4.69, 9.17) is 17.4 Å². The van der Waals surface area contributed by atoms with E-state index in [9.17, 15) is 8.78 Å². The van der Waals surface area contributed by atoms with Gasteiger partial charge in [-0.2, -0.15) is 0 Å². The number of benzene rings is 1. The summed E-state index contributed by atoms with van der Waals surface area (Å²) in [6.45, 7) is 0. The summed E-state index contributed by atoms with van der Waals surface area (Å²) in [6.07, 6.45) is 1.45. The van der Waals surface area contributed by atoms with E-state index in [1.807, 2.05) is 0 Å². The molecule has 1 aromatic heterocycles. The molecule has 1 aromatic carbocycles. The molecule has 3 N–H and O–H groups in total. The summed E-state index contributed by atoms with van der Waals surface area (Å²) in [5, 5.41) is 0.226. The molecule has 0 aliphatic heterocycles. The van der Waals surface area contributed by atoms with E-state index < -0.39 is 17.7 Å². The van der Waals surface area contributed by atoms with Crippen LogP contribution < -0.4 is 11.3 Å². The number of hydrogen-bond acceptors (Lipinski definition) is 3. The van der Waals surface area contributed by atoms with Crippen molar-refractivity contribution in [3.63, 3.8) is 0 Å². The molecular formula is C12H10ClF2N3. The maximum atomic E-state index is 13.7. The largest absolute Gasteiger partial charge is 0.271 e. The molecule has 6 heteroatoms. The maximum absolute atomic E-state index is 13.7. The minimum Gasteiger partial charge on any atom is -0.271 e. The van der Waals surface area contributed by atoms with Crippen LogP contribution in [0.2, 0.25) is 5.15 Å². The monoisotopic (exact) mass is 269 g/mol. The second-order valence-corrected chi connectivity index (χ2v) is 4.03. The fraction of sp³-hybridized carbons (Fsp3) is 0.0833. The van der Waals surface area contributed by atoms with E-state index in [0.29, 0.717) is 5.56 Å². The van der Waals surface area contributed by atoms with Crippen LogP contribution in [0.15, 0.2) is 36.5 Å². The SMILES string of the molecule is NNC(c1ccnc(Cl)c1)c1c(F)cccc1F. The zero-order valence-electron chi connectivity index (χ0n) is 9.20. The molecule has 1 heterocycles. The molecule has 0 bridgehead atoms. The second kappa shape index (κ2) is 5.39. The van der Waals surface area contributed by atoms with E-state index >= 15 is 0 Å². The van der Waals surface area contributed by atoms with Gasteiger partial charge in [0.15, 0.2) is 0 Å². The smallest absolute Gasteiger partial charge is 0.131 e. The Morgan fingerprint density at radius 1 is 1.22 bits per heavy atom. The molecule has 0 saturated heterocycles. The highest BCUT2D eigenvalue weighted by atomic mass is 35.5. The number of aromatic nitrogens is 1. The van der Waals surface area contributed by atoms with E-state index in [1.165, 1.54) is 30.5 Å². The first kappa shape index (κ1) is 12.9. The van der Waals surface area contributed by atoms with Crippen molar-refractivity contribution in [2.45, 2.75) is 6.04 Å². The second-order valence-electron chi connectivity index (χ2n) is 3.65. The van der Waals surface area contributed by atoms with Crippen LogP contribution in [0.3, 0.4) is 0 Å². The van der Waals surface area contributed by atoms with Crippen LogP contribution in [0.1, 0.15) is 17.2 Å². The minimum absolute atomic E-state index is 0.151. The van der Waals surface area contributed by atoms with Crippen LogP contribution in [0.4, 0.5) is 8.78 Å². The van der Waals surface area contributed by atoms with Gasteiger partial charge < -0.3 is 0 Å². The lowest BCUT2D eigenvalue weighted by atomic mass is 9.99. The molecule has 18 heavy (non-hydrogen) atoms. The van der Waals surface area contributed by atoms with Crippen molar-refractivity contribution < 1.29 is 8.78 Å². The van der Waals surface area contributed by atoms with Gasteiger partial charge in [0.2, 0.25) is 0 Å². The van der Waals surface area contributed by atoms with Gasteiger partial charge in [-0.1, -0.05) is 17.7 Å². The number of nitrogens with one attached hydrogen (secondary N) is 1. The Hall–Kier alpha value is -1.56. The molecule has 1 atom stereocenters. The average molecular weight is 270 g/mol. The van der Waals surface area contributed by atoms with Gasteiger partial charge >= 0.3 is 0 Å². The molecule has 0 aliphatic carbocycles. The summed E-state index contributed by atoms with van der Waals surface area (Å²) < 4.78 is 27.4. The fourth-order valence-corrected chi connectivity index (χ4v) is 1.91. The molecule has 0 aliphatic rings. The molecule has 2 rings (SSSR count). The van der Waals surface area contributed by atoms with Crippen LogP contribution in [-0.2, 0) is 0 Å². The highest BCUT2D eigenvalue weighted by Gasteiger charge is 2.20. The van der Waals surface area contributed by atoms with Gasteiger partial charge in [-0.05, 0) is 29.8 Å². The van der Waals surface area contributed by atoms with Crippen molar-refractivity contribution in [1.82, 2.24) is 10.4 Å². The lowest BCUT2D eigenvalue weighted by Gasteiger charge is -2.18. The van der Waals surface area contributed by atoms with Gasteiger partial charge in [0.25, 0.3) is 0 Å². The zero-order chi connectivity index (χ0) is 13.1. The topological polar surface area (TPSA) is 50.9 Å². The number of hydrazine groups is 1. The van der Waals surface area contributed by atoms with Crippen molar-refractivity contribution in [2.24, 2.45) is 5.84 Å². The number of nitrogens with two attached hydrogens (primary N) is 1. The van der Waals surface area contributed by atoms with Gasteiger partial charge in [-0.25, -0.2) is 19.2 Å². The van der Waals surface area contributed by atoms with E-state index in [0.717, 1.165) is 0 Å². The summed E-state index contributed by atoms with van der Waals surface area (Å²) in [4.78, 5) is 3.80. The van der Waals surface area contributed by atoms with E-state index in [2.05, 4.69) is 10.4 Å². The third kappa shape index (κ3) is 2.48. The predicted molar refractivity (Wildman–Crippen MR) is 64.8 cm³/mol. The number of halogens is 3. The van der Waals surface area contributed by atoms with E-state index in [-0.39, 0.29) is 10.7 Å². The predicted octanol–water partition coefficient (Wildman–Crippen LogP) is 2.57. The Morgan fingerprint density at radius 2 is 1.89 bits per heavy atom. The third-order valence-corrected chi connectivity index (χ3v) is 2.75. The molecule has 0 amide bonds. The molecule has 94 valence electrons. The Labute approximate surface area is 108 Å². The van der Waals surface area contributed by atoms with Crippen LogP contribution in [0, 0.1) is 11.6 Å². The first-order valence-electron chi connectivity index (χ1n) is 5.15. The molecule has 2 aromatic rings. The normalized spacial score (nSPS) is 12.4. The lowest BCUT2D eigenvalue weighted by molar-refractivity contribution is 0.510. The summed E-state index contributed by atoms with van der Waals surface area (Å²) in [7, 11) is 0. The molecule has 3 nitrogen and oxygen atoms in total. The molecule has 0 saturated carbocycles. The van der Waals surface area contributed by atoms with Crippen molar-refractivity contribution in [2.75, 3.05) is 0 Å². The number of pyridine rings is 1. The quantitative estimate of drug-likeness (QED) is 0.511. The molecular weight excluding hydrogens is 260 g/mol. The number of hydrogen-bond donors (Lipinski definition) is 2. The Balaban J connectivity index is 2.52. The summed E-state index contributed by atoms with van der Waals surface area (Å²) in [6, 6.07) is 5.89. The first-order valence-corrected chi connectivity index (χ1v) is 5.52. The summed E-state index contributed by atoms with van der Waals surface area (Å²) >= 11 is 5.75. The van der Waals surface area contributed by atoms with Crippen molar-refractivity contribution in [3.05, 3.63) is 64.4 Å². The summed E-state index contributed by atoms with van der Waals surface area (Å²) in [5.41, 5.74) is 2.76. The fourth-order valence-electron chi connectivity index (χ4n) is 1.73. The minimum atomic E-state index is -0.827. The Morgan fingerprint density at radius 3 is 2.44 bits per heavy atom. The van der Waals surface area contributed by atoms with Crippen molar-refractivity contribution in [3.8, 4) is 0 Å². The average Bonchev–Trinajstić information content (AvgIpc) is 2.34. The standard InChI is InChI=1S/C12H10ClF2N3/c13-10-6-7(4-5-17-10)12(18-16)11-8(14)2-1-3-9(11)15/h1-6,12,18H,16H2. The van der Waals surface area contributed by atoms with Crippen LogP contribution >= 0.6 is 11.6 Å². The number of rotatable bonds is 3. The lowest BCUT2D eigenvalue weighted by Crippen LogP contribution is -2.30. The number of nitrogens with zero attached hydrogens (tertiary/aromatic N) is 1. The van der Waals surface area contributed by atoms with Gasteiger partial charge in [0, 0.05) is 11.8 Å². The van der Waals surface area contributed by atoms with Crippen LogP contribution in [0.25, 0.3) is 0 Å².